The lowest BCUT2D eigenvalue weighted by molar-refractivity contribution is 0.322. The highest BCUT2D eigenvalue weighted by atomic mass is 35.5. The van der Waals surface area contributed by atoms with Gasteiger partial charge in [-0.1, -0.05) is 29.8 Å². The summed E-state index contributed by atoms with van der Waals surface area (Å²) in [5.74, 6) is 0.928. The summed E-state index contributed by atoms with van der Waals surface area (Å²) in [5.41, 5.74) is 8.90. The second-order valence-corrected chi connectivity index (χ2v) is 5.54. The SMILES string of the molecule is NCCc1ccc(N2CCCOc3ccccc32)cc1Cl. The van der Waals surface area contributed by atoms with Crippen molar-refractivity contribution in [1.82, 2.24) is 0 Å². The molecule has 3 rings (SSSR count). The number of anilines is 2. The van der Waals surface area contributed by atoms with Gasteiger partial charge in [0, 0.05) is 17.3 Å². The van der Waals surface area contributed by atoms with Crippen LogP contribution in [0.3, 0.4) is 0 Å². The van der Waals surface area contributed by atoms with E-state index in [1.165, 1.54) is 0 Å². The molecule has 0 unspecified atom stereocenters. The van der Waals surface area contributed by atoms with Crippen LogP contribution in [0.15, 0.2) is 42.5 Å². The molecule has 1 heterocycles. The van der Waals surface area contributed by atoms with Crippen molar-refractivity contribution in [3.05, 3.63) is 53.1 Å². The monoisotopic (exact) mass is 302 g/mol. The maximum atomic E-state index is 6.38. The highest BCUT2D eigenvalue weighted by molar-refractivity contribution is 6.31. The van der Waals surface area contributed by atoms with E-state index in [4.69, 9.17) is 22.1 Å². The molecule has 0 radical (unpaired) electrons. The van der Waals surface area contributed by atoms with Gasteiger partial charge in [0.15, 0.2) is 0 Å². The number of benzene rings is 2. The number of fused-ring (bicyclic) bond motifs is 1. The van der Waals surface area contributed by atoms with Crippen LogP contribution in [0.5, 0.6) is 5.75 Å². The third-order valence-corrected chi connectivity index (χ3v) is 4.05. The Morgan fingerprint density at radius 1 is 1.19 bits per heavy atom. The molecule has 110 valence electrons. The minimum absolute atomic E-state index is 0.611. The predicted molar refractivity (Wildman–Crippen MR) is 87.8 cm³/mol. The molecule has 0 fully saturated rings. The smallest absolute Gasteiger partial charge is 0.142 e. The zero-order valence-corrected chi connectivity index (χ0v) is 12.6. The first-order chi connectivity index (χ1) is 10.3. The Bertz CT molecular complexity index is 630. The molecule has 1 aliphatic heterocycles. The van der Waals surface area contributed by atoms with Crippen molar-refractivity contribution in [2.45, 2.75) is 12.8 Å². The van der Waals surface area contributed by atoms with Gasteiger partial charge in [-0.3, -0.25) is 0 Å². The summed E-state index contributed by atoms with van der Waals surface area (Å²) < 4.78 is 5.80. The molecule has 0 atom stereocenters. The number of rotatable bonds is 3. The first-order valence-electron chi connectivity index (χ1n) is 7.27. The zero-order chi connectivity index (χ0) is 14.7. The largest absolute Gasteiger partial charge is 0.491 e. The van der Waals surface area contributed by atoms with Crippen molar-refractivity contribution in [2.75, 3.05) is 24.6 Å². The summed E-state index contributed by atoms with van der Waals surface area (Å²) >= 11 is 6.38. The van der Waals surface area contributed by atoms with Gasteiger partial charge in [-0.15, -0.1) is 0 Å². The molecule has 3 nitrogen and oxygen atoms in total. The number of para-hydroxylation sites is 2. The molecule has 0 bridgehead atoms. The third kappa shape index (κ3) is 2.99. The van der Waals surface area contributed by atoms with Gasteiger partial charge in [0.05, 0.1) is 12.3 Å². The van der Waals surface area contributed by atoms with Crippen molar-refractivity contribution in [3.63, 3.8) is 0 Å². The van der Waals surface area contributed by atoms with Crippen LogP contribution >= 0.6 is 11.6 Å². The number of nitrogens with zero attached hydrogens (tertiary/aromatic N) is 1. The van der Waals surface area contributed by atoms with Crippen LogP contribution in [0.4, 0.5) is 11.4 Å². The Morgan fingerprint density at radius 3 is 2.86 bits per heavy atom. The quantitative estimate of drug-likeness (QED) is 0.938. The van der Waals surface area contributed by atoms with Gasteiger partial charge in [-0.25, -0.2) is 0 Å². The van der Waals surface area contributed by atoms with E-state index in [-0.39, 0.29) is 0 Å². The lowest BCUT2D eigenvalue weighted by Crippen LogP contribution is -2.17. The maximum absolute atomic E-state index is 6.38. The van der Waals surface area contributed by atoms with Crippen LogP contribution in [0.2, 0.25) is 5.02 Å². The lowest BCUT2D eigenvalue weighted by atomic mass is 10.1. The fraction of sp³-hybridized carbons (Fsp3) is 0.294. The Kier molecular flexibility index (Phi) is 4.32. The fourth-order valence-electron chi connectivity index (χ4n) is 2.66. The Hall–Kier alpha value is -1.71. The Labute approximate surface area is 130 Å². The molecule has 1 aliphatic rings. The average Bonchev–Trinajstić information content (AvgIpc) is 2.72. The Morgan fingerprint density at radius 2 is 2.05 bits per heavy atom. The number of halogens is 1. The maximum Gasteiger partial charge on any atom is 0.142 e. The minimum atomic E-state index is 0.611. The molecule has 2 aromatic rings. The lowest BCUT2D eigenvalue weighted by Gasteiger charge is -2.24. The normalized spacial score (nSPS) is 14.3. The molecule has 4 heteroatoms. The molecule has 2 aromatic carbocycles. The molecule has 21 heavy (non-hydrogen) atoms. The molecule has 0 saturated carbocycles. The van der Waals surface area contributed by atoms with Crippen LogP contribution in [-0.2, 0) is 6.42 Å². The van der Waals surface area contributed by atoms with Crippen molar-refractivity contribution < 1.29 is 4.74 Å². The second-order valence-electron chi connectivity index (χ2n) is 5.14. The van der Waals surface area contributed by atoms with E-state index in [1.807, 2.05) is 24.3 Å². The van der Waals surface area contributed by atoms with Crippen LogP contribution in [0.1, 0.15) is 12.0 Å². The number of ether oxygens (including phenoxy) is 1. The highest BCUT2D eigenvalue weighted by Crippen LogP contribution is 2.37. The fourth-order valence-corrected chi connectivity index (χ4v) is 2.93. The topological polar surface area (TPSA) is 38.5 Å². The molecule has 2 N–H and O–H groups in total. The van der Waals surface area contributed by atoms with E-state index in [0.29, 0.717) is 6.54 Å². The van der Waals surface area contributed by atoms with Gasteiger partial charge in [0.25, 0.3) is 0 Å². The molecular weight excluding hydrogens is 284 g/mol. The number of nitrogens with two attached hydrogens (primary N) is 1. The summed E-state index contributed by atoms with van der Waals surface area (Å²) in [4.78, 5) is 2.26. The average molecular weight is 303 g/mol. The number of hydrogen-bond acceptors (Lipinski definition) is 3. The molecule has 0 saturated heterocycles. The van der Waals surface area contributed by atoms with Crippen molar-refractivity contribution >= 4 is 23.0 Å². The minimum Gasteiger partial charge on any atom is -0.491 e. The van der Waals surface area contributed by atoms with Crippen LogP contribution < -0.4 is 15.4 Å². The summed E-state index contributed by atoms with van der Waals surface area (Å²) in [6.45, 7) is 2.27. The first-order valence-corrected chi connectivity index (χ1v) is 7.65. The summed E-state index contributed by atoms with van der Waals surface area (Å²) in [5, 5.41) is 0.778. The molecule has 0 spiro atoms. The van der Waals surface area contributed by atoms with Crippen LogP contribution in [-0.4, -0.2) is 19.7 Å². The third-order valence-electron chi connectivity index (χ3n) is 3.70. The molecule has 0 amide bonds. The second kappa shape index (κ2) is 6.37. The zero-order valence-electron chi connectivity index (χ0n) is 11.9. The van der Waals surface area contributed by atoms with Gasteiger partial charge in [-0.05, 0) is 49.2 Å². The van der Waals surface area contributed by atoms with Crippen molar-refractivity contribution in [2.24, 2.45) is 5.73 Å². The first kappa shape index (κ1) is 14.2. The summed E-state index contributed by atoms with van der Waals surface area (Å²) in [6.07, 6.45) is 1.79. The van der Waals surface area contributed by atoms with Gasteiger partial charge >= 0.3 is 0 Å². The molecule has 0 aliphatic carbocycles. The van der Waals surface area contributed by atoms with E-state index in [9.17, 15) is 0 Å². The standard InChI is InChI=1S/C17H19ClN2O/c18-15-12-14(7-6-13(15)8-9-19)20-10-3-11-21-17-5-2-1-4-16(17)20/h1-2,4-7,12H,3,8-11,19H2. The van der Waals surface area contributed by atoms with Gasteiger partial charge < -0.3 is 15.4 Å². The number of hydrogen-bond donors (Lipinski definition) is 1. The van der Waals surface area contributed by atoms with Crippen LogP contribution in [0, 0.1) is 0 Å². The molecular formula is C17H19ClN2O. The Balaban J connectivity index is 1.98. The van der Waals surface area contributed by atoms with Gasteiger partial charge in [0.2, 0.25) is 0 Å². The van der Waals surface area contributed by atoms with Gasteiger partial charge in [0.1, 0.15) is 5.75 Å². The van der Waals surface area contributed by atoms with E-state index in [1.54, 1.807) is 0 Å². The predicted octanol–water partition coefficient (Wildman–Crippen LogP) is 3.76. The highest BCUT2D eigenvalue weighted by Gasteiger charge is 2.18. The van der Waals surface area contributed by atoms with E-state index >= 15 is 0 Å². The van der Waals surface area contributed by atoms with E-state index < -0.39 is 0 Å². The summed E-state index contributed by atoms with van der Waals surface area (Å²) in [6, 6.07) is 14.3. The van der Waals surface area contributed by atoms with Crippen molar-refractivity contribution in [1.29, 1.82) is 0 Å². The van der Waals surface area contributed by atoms with Crippen LogP contribution in [0.25, 0.3) is 0 Å². The van der Waals surface area contributed by atoms with Gasteiger partial charge in [-0.2, -0.15) is 0 Å². The molecule has 0 aromatic heterocycles. The van der Waals surface area contributed by atoms with Crippen molar-refractivity contribution in [3.8, 4) is 5.75 Å². The summed E-state index contributed by atoms with van der Waals surface area (Å²) in [7, 11) is 0. The van der Waals surface area contributed by atoms with E-state index in [0.717, 1.165) is 53.7 Å². The van der Waals surface area contributed by atoms with E-state index in [2.05, 4.69) is 23.1 Å².